The molecule has 1 heterocycles. The molecule has 1 aliphatic rings. The second-order valence-electron chi connectivity index (χ2n) is 7.13. The molecule has 1 N–H and O–H groups in total. The minimum Gasteiger partial charge on any atom is -0.481 e. The summed E-state index contributed by atoms with van der Waals surface area (Å²) < 4.78 is 13.3. The van der Waals surface area contributed by atoms with Crippen LogP contribution in [-0.2, 0) is 4.79 Å². The van der Waals surface area contributed by atoms with Crippen LogP contribution in [0, 0.1) is 15.9 Å². The third-order valence-corrected chi connectivity index (χ3v) is 5.25. The zero-order chi connectivity index (χ0) is 21.7. The first-order valence-corrected chi connectivity index (χ1v) is 9.60. The highest BCUT2D eigenvalue weighted by molar-refractivity contribution is 5.94. The van der Waals surface area contributed by atoms with E-state index in [4.69, 9.17) is 5.11 Å². The van der Waals surface area contributed by atoms with Crippen molar-refractivity contribution in [2.45, 2.75) is 18.9 Å². The third-order valence-electron chi connectivity index (χ3n) is 5.25. The Morgan fingerprint density at radius 3 is 2.17 bits per heavy atom. The Balaban J connectivity index is 1.66. The molecule has 0 spiro atoms. The highest BCUT2D eigenvalue weighted by Gasteiger charge is 2.28. The summed E-state index contributed by atoms with van der Waals surface area (Å²) in [5.74, 6) is -1.45. The van der Waals surface area contributed by atoms with E-state index in [0.717, 1.165) is 5.56 Å². The van der Waals surface area contributed by atoms with E-state index >= 15 is 0 Å². The van der Waals surface area contributed by atoms with Gasteiger partial charge in [-0.1, -0.05) is 12.1 Å². The van der Waals surface area contributed by atoms with E-state index in [2.05, 4.69) is 4.90 Å². The lowest BCUT2D eigenvalue weighted by molar-refractivity contribution is -0.384. The molecule has 0 radical (unpaired) electrons. The topological polar surface area (TPSA) is 104 Å². The van der Waals surface area contributed by atoms with Crippen LogP contribution in [-0.4, -0.2) is 57.9 Å². The van der Waals surface area contributed by atoms with Gasteiger partial charge in [0.05, 0.1) is 4.92 Å². The minimum atomic E-state index is -0.894. The molecule has 0 aliphatic carbocycles. The number of carboxylic acid groups (broad SMARTS) is 1. The maximum atomic E-state index is 13.3. The monoisotopic (exact) mass is 415 g/mol. The van der Waals surface area contributed by atoms with Gasteiger partial charge >= 0.3 is 5.97 Å². The second kappa shape index (κ2) is 9.45. The number of benzene rings is 2. The van der Waals surface area contributed by atoms with Gasteiger partial charge in [0.1, 0.15) is 5.82 Å². The summed E-state index contributed by atoms with van der Waals surface area (Å²) in [6.45, 7) is 1.97. The molecule has 1 aliphatic heterocycles. The lowest BCUT2D eigenvalue weighted by Gasteiger charge is -2.39. The van der Waals surface area contributed by atoms with E-state index in [-0.39, 0.29) is 29.9 Å². The number of carbonyl (C=O) groups is 2. The van der Waals surface area contributed by atoms with E-state index < -0.39 is 10.9 Å². The summed E-state index contributed by atoms with van der Waals surface area (Å²) in [6.07, 6.45) is 0.376. The zero-order valence-corrected chi connectivity index (χ0v) is 16.2. The van der Waals surface area contributed by atoms with E-state index in [0.29, 0.717) is 38.2 Å². The number of carboxylic acids is 1. The fourth-order valence-electron chi connectivity index (χ4n) is 3.65. The van der Waals surface area contributed by atoms with Crippen LogP contribution in [0.1, 0.15) is 34.8 Å². The zero-order valence-electron chi connectivity index (χ0n) is 16.2. The fourth-order valence-corrected chi connectivity index (χ4v) is 3.65. The van der Waals surface area contributed by atoms with Gasteiger partial charge in [-0.25, -0.2) is 4.39 Å². The van der Waals surface area contributed by atoms with Gasteiger partial charge in [0.25, 0.3) is 11.6 Å². The van der Waals surface area contributed by atoms with Gasteiger partial charge in [0.15, 0.2) is 0 Å². The normalized spacial score (nSPS) is 15.6. The van der Waals surface area contributed by atoms with Crippen LogP contribution >= 0.6 is 0 Å². The molecule has 1 amide bonds. The molecule has 158 valence electrons. The van der Waals surface area contributed by atoms with Crippen LogP contribution in [0.25, 0.3) is 0 Å². The molecule has 30 heavy (non-hydrogen) atoms. The Labute approximate surface area is 172 Å². The van der Waals surface area contributed by atoms with Crippen molar-refractivity contribution >= 4 is 17.6 Å². The predicted molar refractivity (Wildman–Crippen MR) is 107 cm³/mol. The first-order chi connectivity index (χ1) is 14.3. The Bertz CT molecular complexity index is 909. The summed E-state index contributed by atoms with van der Waals surface area (Å²) in [6, 6.07) is 11.4. The van der Waals surface area contributed by atoms with Crippen LogP contribution in [0.15, 0.2) is 48.5 Å². The van der Waals surface area contributed by atoms with Gasteiger partial charge in [-0.15, -0.1) is 0 Å². The number of nitrogens with zero attached hydrogens (tertiary/aromatic N) is 3. The smallest absolute Gasteiger partial charge is 0.303 e. The van der Waals surface area contributed by atoms with Crippen LogP contribution < -0.4 is 0 Å². The first kappa shape index (κ1) is 21.4. The Kier molecular flexibility index (Phi) is 6.73. The van der Waals surface area contributed by atoms with Gasteiger partial charge in [-0.2, -0.15) is 0 Å². The highest BCUT2D eigenvalue weighted by Crippen LogP contribution is 2.27. The molecule has 0 bridgehead atoms. The van der Waals surface area contributed by atoms with Crippen molar-refractivity contribution in [2.24, 2.45) is 0 Å². The number of piperazine rings is 1. The van der Waals surface area contributed by atoms with Crippen molar-refractivity contribution < 1.29 is 24.0 Å². The van der Waals surface area contributed by atoms with E-state index in [9.17, 15) is 24.1 Å². The van der Waals surface area contributed by atoms with Gasteiger partial charge in [-0.05, 0) is 36.2 Å². The molecule has 2 aromatic carbocycles. The summed E-state index contributed by atoms with van der Waals surface area (Å²) >= 11 is 0. The number of hydrogen-bond acceptors (Lipinski definition) is 5. The minimum absolute atomic E-state index is 0.00994. The van der Waals surface area contributed by atoms with Gasteiger partial charge < -0.3 is 10.0 Å². The van der Waals surface area contributed by atoms with Crippen molar-refractivity contribution in [1.82, 2.24) is 9.80 Å². The van der Waals surface area contributed by atoms with E-state index in [1.54, 1.807) is 17.0 Å². The quantitative estimate of drug-likeness (QED) is 0.550. The maximum absolute atomic E-state index is 13.3. The number of amides is 1. The number of nitro benzene ring substituents is 1. The third kappa shape index (κ3) is 5.18. The van der Waals surface area contributed by atoms with Crippen molar-refractivity contribution in [3.8, 4) is 0 Å². The summed E-state index contributed by atoms with van der Waals surface area (Å²) in [7, 11) is 0. The molecule has 1 atom stereocenters. The standard InChI is InChI=1S/C21H22FN3O5/c22-17-5-1-15(2-6-17)19(9-10-20(26)27)23-11-13-24(14-12-23)21(28)16-3-7-18(8-4-16)25(29)30/h1-8,19H,9-14H2,(H,26,27)/t19-/m1/s1. The summed E-state index contributed by atoms with van der Waals surface area (Å²) in [4.78, 5) is 37.8. The molecular formula is C21H22FN3O5. The van der Waals surface area contributed by atoms with Crippen molar-refractivity contribution in [2.75, 3.05) is 26.2 Å². The molecule has 0 unspecified atom stereocenters. The highest BCUT2D eigenvalue weighted by atomic mass is 19.1. The van der Waals surface area contributed by atoms with Crippen molar-refractivity contribution in [1.29, 1.82) is 0 Å². The lowest BCUT2D eigenvalue weighted by atomic mass is 9.99. The van der Waals surface area contributed by atoms with Crippen molar-refractivity contribution in [3.05, 3.63) is 75.6 Å². The molecule has 1 fully saturated rings. The van der Waals surface area contributed by atoms with Gasteiger partial charge in [0, 0.05) is 56.3 Å². The Morgan fingerprint density at radius 2 is 1.63 bits per heavy atom. The second-order valence-corrected chi connectivity index (χ2v) is 7.13. The predicted octanol–water partition coefficient (Wildman–Crippen LogP) is 3.10. The van der Waals surface area contributed by atoms with Crippen LogP contribution in [0.3, 0.4) is 0 Å². The number of rotatable bonds is 7. The SMILES string of the molecule is O=C(O)CC[C@H](c1ccc(F)cc1)N1CCN(C(=O)c2ccc([N+](=O)[O-])cc2)CC1. The Hall–Kier alpha value is -3.33. The number of aliphatic carboxylic acids is 1. The average molecular weight is 415 g/mol. The molecule has 9 heteroatoms. The Morgan fingerprint density at radius 1 is 1.03 bits per heavy atom. The molecule has 8 nitrogen and oxygen atoms in total. The number of hydrogen-bond donors (Lipinski definition) is 1. The van der Waals surface area contributed by atoms with Crippen LogP contribution in [0.2, 0.25) is 0 Å². The molecular weight excluding hydrogens is 393 g/mol. The molecule has 3 rings (SSSR count). The van der Waals surface area contributed by atoms with Crippen LogP contribution in [0.4, 0.5) is 10.1 Å². The number of non-ortho nitro benzene ring substituents is 1. The first-order valence-electron chi connectivity index (χ1n) is 9.60. The number of carbonyl (C=O) groups excluding carboxylic acids is 1. The molecule has 1 saturated heterocycles. The molecule has 0 aromatic heterocycles. The van der Waals surface area contributed by atoms with E-state index in [1.165, 1.54) is 36.4 Å². The summed E-state index contributed by atoms with van der Waals surface area (Å²) in [5, 5.41) is 19.8. The van der Waals surface area contributed by atoms with Gasteiger partial charge in [-0.3, -0.25) is 24.6 Å². The maximum Gasteiger partial charge on any atom is 0.303 e. The molecule has 2 aromatic rings. The van der Waals surface area contributed by atoms with Crippen LogP contribution in [0.5, 0.6) is 0 Å². The molecule has 0 saturated carbocycles. The summed E-state index contributed by atoms with van der Waals surface area (Å²) in [5.41, 5.74) is 1.15. The lowest BCUT2D eigenvalue weighted by Crippen LogP contribution is -2.49. The average Bonchev–Trinajstić information content (AvgIpc) is 2.75. The fraction of sp³-hybridized carbons (Fsp3) is 0.333. The largest absolute Gasteiger partial charge is 0.481 e. The van der Waals surface area contributed by atoms with E-state index in [1.807, 2.05) is 0 Å². The van der Waals surface area contributed by atoms with Gasteiger partial charge in [0.2, 0.25) is 0 Å². The van der Waals surface area contributed by atoms with Crippen molar-refractivity contribution in [3.63, 3.8) is 0 Å². The number of nitro groups is 1. The number of halogens is 1.